The van der Waals surface area contributed by atoms with E-state index in [1.807, 2.05) is 0 Å². The average molecular weight is 436 g/mol. The van der Waals surface area contributed by atoms with Crippen molar-refractivity contribution in [1.82, 2.24) is 0 Å². The molecule has 1 aromatic heterocycles. The first kappa shape index (κ1) is 21.3. The summed E-state index contributed by atoms with van der Waals surface area (Å²) in [5.41, 5.74) is 6.39. The fraction of sp³-hybridized carbons (Fsp3) is 0.400. The van der Waals surface area contributed by atoms with Crippen molar-refractivity contribution in [3.05, 3.63) is 54.9 Å². The molecule has 0 bridgehead atoms. The van der Waals surface area contributed by atoms with Crippen molar-refractivity contribution in [1.29, 1.82) is 0 Å². The summed E-state index contributed by atoms with van der Waals surface area (Å²) >= 11 is 7.14. The van der Waals surface area contributed by atoms with Crippen LogP contribution in [0.5, 0.6) is 0 Å². The molecule has 0 spiro atoms. The van der Waals surface area contributed by atoms with Gasteiger partial charge in [-0.2, -0.15) is 0 Å². The van der Waals surface area contributed by atoms with Gasteiger partial charge in [0, 0.05) is 16.0 Å². The van der Waals surface area contributed by atoms with Crippen LogP contribution in [0.2, 0.25) is 5.02 Å². The number of halogens is 1. The number of thiophene rings is 1. The Bertz CT molecular complexity index is 1010. The van der Waals surface area contributed by atoms with Crippen LogP contribution < -0.4 is 11.1 Å². The number of carbonyl (C=O) groups excluding carboxylic acids is 2. The molecule has 1 aromatic carbocycles. The maximum absolute atomic E-state index is 12.8. The highest BCUT2D eigenvalue weighted by atomic mass is 35.5. The normalized spacial score (nSPS) is 16.2. The van der Waals surface area contributed by atoms with Crippen LogP contribution in [0.1, 0.15) is 58.3 Å². The van der Waals surface area contributed by atoms with Crippen LogP contribution in [0.15, 0.2) is 18.2 Å². The number of nitrogens with zero attached hydrogens (tertiary/aromatic N) is 1. The van der Waals surface area contributed by atoms with Gasteiger partial charge < -0.3 is 11.1 Å². The summed E-state index contributed by atoms with van der Waals surface area (Å²) in [7, 11) is 0. The second-order valence-corrected chi connectivity index (χ2v) is 9.79. The lowest BCUT2D eigenvalue weighted by atomic mass is 9.72. The summed E-state index contributed by atoms with van der Waals surface area (Å²) < 4.78 is 0. The van der Waals surface area contributed by atoms with Crippen LogP contribution in [0.4, 0.5) is 10.7 Å². The molecule has 2 aromatic rings. The summed E-state index contributed by atoms with van der Waals surface area (Å²) in [6, 6.07) is 3.83. The lowest BCUT2D eigenvalue weighted by Gasteiger charge is -2.33. The number of benzene rings is 1. The highest BCUT2D eigenvalue weighted by Gasteiger charge is 2.34. The molecule has 3 N–H and O–H groups in total. The van der Waals surface area contributed by atoms with Gasteiger partial charge in [0.1, 0.15) is 10.6 Å². The van der Waals surface area contributed by atoms with Crippen molar-refractivity contribution >= 4 is 45.4 Å². The van der Waals surface area contributed by atoms with Gasteiger partial charge >= 0.3 is 0 Å². The van der Waals surface area contributed by atoms with Crippen molar-refractivity contribution in [2.45, 2.75) is 40.0 Å². The van der Waals surface area contributed by atoms with Crippen LogP contribution in [0.25, 0.3) is 0 Å². The third kappa shape index (κ3) is 4.28. The number of hydrogen-bond acceptors (Lipinski definition) is 5. The maximum Gasteiger partial charge on any atom is 0.283 e. The van der Waals surface area contributed by atoms with Gasteiger partial charge in [-0.25, -0.2) is 0 Å². The monoisotopic (exact) mass is 435 g/mol. The number of fused-ring (bicyclic) bond motifs is 1. The topological polar surface area (TPSA) is 115 Å². The number of carbonyl (C=O) groups is 2. The number of rotatable bonds is 4. The summed E-state index contributed by atoms with van der Waals surface area (Å²) in [4.78, 5) is 36.5. The number of nitro benzene ring substituents is 1. The molecule has 2 amide bonds. The van der Waals surface area contributed by atoms with Gasteiger partial charge in [-0.15, -0.1) is 11.3 Å². The third-order valence-corrected chi connectivity index (χ3v) is 6.77. The number of nitrogens with two attached hydrogens (primary N) is 1. The highest BCUT2D eigenvalue weighted by molar-refractivity contribution is 7.17. The minimum absolute atomic E-state index is 0.127. The molecule has 1 aliphatic rings. The minimum atomic E-state index is -0.679. The van der Waals surface area contributed by atoms with Gasteiger partial charge in [-0.05, 0) is 48.3 Å². The molecule has 1 aliphatic carbocycles. The average Bonchev–Trinajstić information content (AvgIpc) is 2.97. The van der Waals surface area contributed by atoms with E-state index in [4.69, 9.17) is 17.3 Å². The van der Waals surface area contributed by atoms with Gasteiger partial charge in [0.05, 0.1) is 10.5 Å². The van der Waals surface area contributed by atoms with Crippen molar-refractivity contribution in [3.63, 3.8) is 0 Å². The first-order valence-electron chi connectivity index (χ1n) is 9.18. The summed E-state index contributed by atoms with van der Waals surface area (Å²) in [6.07, 6.45) is 2.45. The fourth-order valence-corrected chi connectivity index (χ4v) is 5.19. The Balaban J connectivity index is 1.97. The second kappa shape index (κ2) is 7.76. The van der Waals surface area contributed by atoms with E-state index < -0.39 is 22.4 Å². The standard InChI is InChI=1S/C20H22ClN3O4S/c1-20(2,3)10-4-6-13-15(8-10)29-19(16(13)17(22)25)23-18(26)12-7-5-11(21)9-14(12)24(27)28/h5,7,9-10H,4,6,8H2,1-3H3,(H2,22,25)(H,23,26)/t10-/m1/s1. The van der Waals surface area contributed by atoms with Crippen LogP contribution in [-0.2, 0) is 12.8 Å². The lowest BCUT2D eigenvalue weighted by molar-refractivity contribution is -0.385. The molecular formula is C20H22ClN3O4S. The number of hydrogen-bond donors (Lipinski definition) is 2. The van der Waals surface area contributed by atoms with Crippen LogP contribution in [0, 0.1) is 21.4 Å². The van der Waals surface area contributed by atoms with E-state index in [0.29, 0.717) is 22.9 Å². The Morgan fingerprint density at radius 1 is 1.34 bits per heavy atom. The van der Waals surface area contributed by atoms with Crippen LogP contribution in [-0.4, -0.2) is 16.7 Å². The van der Waals surface area contributed by atoms with Gasteiger partial charge in [-0.1, -0.05) is 32.4 Å². The molecule has 0 radical (unpaired) electrons. The van der Waals surface area contributed by atoms with Gasteiger partial charge in [0.25, 0.3) is 17.5 Å². The summed E-state index contributed by atoms with van der Waals surface area (Å²) in [6.45, 7) is 6.56. The third-order valence-electron chi connectivity index (χ3n) is 5.36. The number of nitrogens with one attached hydrogen (secondary N) is 1. The molecule has 1 heterocycles. The van der Waals surface area contributed by atoms with E-state index in [9.17, 15) is 19.7 Å². The predicted molar refractivity (Wildman–Crippen MR) is 114 cm³/mol. The Kier molecular flexibility index (Phi) is 5.69. The minimum Gasteiger partial charge on any atom is -0.365 e. The zero-order valence-electron chi connectivity index (χ0n) is 16.4. The molecule has 7 nitrogen and oxygen atoms in total. The second-order valence-electron chi connectivity index (χ2n) is 8.25. The maximum atomic E-state index is 12.8. The molecule has 0 saturated heterocycles. The van der Waals surface area contributed by atoms with Crippen molar-refractivity contribution in [3.8, 4) is 0 Å². The zero-order chi connectivity index (χ0) is 21.5. The number of nitro groups is 1. The summed E-state index contributed by atoms with van der Waals surface area (Å²) in [5, 5.41) is 14.5. The molecule has 154 valence electrons. The van der Waals surface area contributed by atoms with E-state index in [1.54, 1.807) is 0 Å². The predicted octanol–water partition coefficient (Wildman–Crippen LogP) is 4.81. The van der Waals surface area contributed by atoms with E-state index in [-0.39, 0.29) is 16.0 Å². The molecule has 0 saturated carbocycles. The Labute approximate surface area is 177 Å². The smallest absolute Gasteiger partial charge is 0.283 e. The molecule has 1 atom stereocenters. The van der Waals surface area contributed by atoms with E-state index >= 15 is 0 Å². The van der Waals surface area contributed by atoms with Crippen LogP contribution >= 0.6 is 22.9 Å². The van der Waals surface area contributed by atoms with Crippen LogP contribution in [0.3, 0.4) is 0 Å². The molecule has 29 heavy (non-hydrogen) atoms. The van der Waals surface area contributed by atoms with Crippen molar-refractivity contribution in [2.75, 3.05) is 5.32 Å². The quantitative estimate of drug-likeness (QED) is 0.529. The number of primary amides is 1. The largest absolute Gasteiger partial charge is 0.365 e. The molecule has 0 aliphatic heterocycles. The van der Waals surface area contributed by atoms with E-state index in [1.165, 1.54) is 23.5 Å². The van der Waals surface area contributed by atoms with E-state index in [0.717, 1.165) is 29.3 Å². The number of amides is 2. The first-order chi connectivity index (χ1) is 13.5. The van der Waals surface area contributed by atoms with Crippen molar-refractivity contribution < 1.29 is 14.5 Å². The fourth-order valence-electron chi connectivity index (χ4n) is 3.69. The molecule has 0 unspecified atom stereocenters. The Morgan fingerprint density at radius 2 is 2.03 bits per heavy atom. The molecule has 3 rings (SSSR count). The molecule has 9 heteroatoms. The first-order valence-corrected chi connectivity index (χ1v) is 10.4. The Morgan fingerprint density at radius 3 is 2.62 bits per heavy atom. The SMILES string of the molecule is CC(C)(C)[C@@H]1CCc2c(sc(NC(=O)c3ccc(Cl)cc3[N+](=O)[O-])c2C(N)=O)C1. The highest BCUT2D eigenvalue weighted by Crippen LogP contribution is 2.44. The molecular weight excluding hydrogens is 414 g/mol. The van der Waals surface area contributed by atoms with Crippen molar-refractivity contribution in [2.24, 2.45) is 17.1 Å². The van der Waals surface area contributed by atoms with Gasteiger partial charge in [-0.3, -0.25) is 19.7 Å². The lowest BCUT2D eigenvalue weighted by Crippen LogP contribution is -2.27. The zero-order valence-corrected chi connectivity index (χ0v) is 17.9. The summed E-state index contributed by atoms with van der Waals surface area (Å²) in [5.74, 6) is -0.838. The Hall–Kier alpha value is -2.45. The molecule has 0 fully saturated rings. The number of anilines is 1. The van der Waals surface area contributed by atoms with E-state index in [2.05, 4.69) is 26.1 Å². The van der Waals surface area contributed by atoms with Gasteiger partial charge in [0.15, 0.2) is 0 Å². The van der Waals surface area contributed by atoms with Gasteiger partial charge in [0.2, 0.25) is 0 Å².